The fourth-order valence-corrected chi connectivity index (χ4v) is 13.8. The molecule has 0 radical (unpaired) electrons. The summed E-state index contributed by atoms with van der Waals surface area (Å²) in [6.45, 7) is 10.2. The number of azide groups is 1. The van der Waals surface area contributed by atoms with Gasteiger partial charge in [-0.3, -0.25) is 19.2 Å². The van der Waals surface area contributed by atoms with Crippen LogP contribution in [0.15, 0.2) is 23.7 Å². The molecule has 0 aromatic carbocycles. The lowest BCUT2D eigenvalue weighted by Crippen LogP contribution is -2.66. The van der Waals surface area contributed by atoms with Gasteiger partial charge in [0.1, 0.15) is 82.0 Å². The molecule has 14 atom stereocenters. The maximum Gasteiger partial charge on any atom is 0.220 e. The molecule has 9 heterocycles. The third-order valence-electron chi connectivity index (χ3n) is 20.1. The van der Waals surface area contributed by atoms with E-state index in [1.54, 1.807) is 32.6 Å². The molecule has 6 aliphatic rings. The summed E-state index contributed by atoms with van der Waals surface area (Å²) in [7, 11) is 0. The smallest absolute Gasteiger partial charge is 0.220 e. The molecule has 3 aromatic heterocycles. The quantitative estimate of drug-likeness (QED) is 0.0111. The minimum absolute atomic E-state index is 0.0104. The van der Waals surface area contributed by atoms with Gasteiger partial charge in [0.2, 0.25) is 23.6 Å². The van der Waals surface area contributed by atoms with Gasteiger partial charge in [0.25, 0.3) is 0 Å². The third-order valence-corrected chi connectivity index (χ3v) is 20.1. The van der Waals surface area contributed by atoms with Crippen molar-refractivity contribution in [2.24, 2.45) is 5.11 Å². The zero-order valence-corrected chi connectivity index (χ0v) is 69.1. The minimum Gasteiger partial charge on any atom is -0.390 e. The van der Waals surface area contributed by atoms with Gasteiger partial charge < -0.3 is 151 Å². The SMILES string of the molecule is CC(=O)N[C@H]1[C@H]2OC[C@](COCCOCCOCCOCCn3cc(COCC(COCc4cn(CCOCCOCCOCCOC[C@@]56CO[C@@H](O5)[C@H](NC(C)=O)[C@@H](O)[C@H]6O)nn4)(COCc4cn(CCOCCOCCOCCOC[C@]56CO[C@H](C[C@@H](O)[C@H]5O)O6)nn4)NC(=O)CCCCCNC(=O)CCCCCN=[N+]=[N-])nn3)(O2)[C@H](O)[C@@H]1O. The van der Waals surface area contributed by atoms with Crippen LogP contribution in [0.4, 0.5) is 0 Å². The predicted octanol–water partition coefficient (Wildman–Crippen LogP) is -4.05. The van der Waals surface area contributed by atoms with E-state index in [1.807, 2.05) is 0 Å². The van der Waals surface area contributed by atoms with Gasteiger partial charge in [0.15, 0.2) is 18.9 Å². The van der Waals surface area contributed by atoms with Crippen LogP contribution in [0.5, 0.6) is 0 Å². The number of hydrogen-bond donors (Lipinski definition) is 10. The molecule has 0 aliphatic carbocycles. The van der Waals surface area contributed by atoms with Crippen molar-refractivity contribution >= 4 is 23.6 Å². The Kier molecular flexibility index (Phi) is 43.7. The van der Waals surface area contributed by atoms with Crippen molar-refractivity contribution in [1.29, 1.82) is 0 Å². The molecule has 3 aromatic rings. The molecule has 6 saturated heterocycles. The van der Waals surface area contributed by atoms with Crippen LogP contribution in [0.2, 0.25) is 0 Å². The van der Waals surface area contributed by atoms with Crippen LogP contribution < -0.4 is 21.3 Å². The average molecular weight is 1730 g/mol. The molecular weight excluding hydrogens is 1610 g/mol. The van der Waals surface area contributed by atoms with Crippen molar-refractivity contribution in [1.82, 2.24) is 66.2 Å². The second-order valence-electron chi connectivity index (χ2n) is 30.0. The molecule has 0 spiro atoms. The van der Waals surface area contributed by atoms with Gasteiger partial charge in [-0.05, 0) is 31.2 Å². The number of aliphatic hydroxyl groups is 6. The van der Waals surface area contributed by atoms with Gasteiger partial charge in [-0.1, -0.05) is 33.6 Å². The van der Waals surface area contributed by atoms with Gasteiger partial charge in [0.05, 0.1) is 262 Å². The average Bonchev–Trinajstić information content (AvgIpc) is 1.62. The second-order valence-corrected chi connectivity index (χ2v) is 30.0. The molecule has 47 heteroatoms. The van der Waals surface area contributed by atoms with E-state index >= 15 is 0 Å². The van der Waals surface area contributed by atoms with Gasteiger partial charge in [-0.25, -0.2) is 14.0 Å². The Bertz CT molecular complexity index is 3350. The van der Waals surface area contributed by atoms with Gasteiger partial charge >= 0.3 is 0 Å². The van der Waals surface area contributed by atoms with Crippen LogP contribution in [0.3, 0.4) is 0 Å². The number of carbonyl (C=O) groups is 4. The van der Waals surface area contributed by atoms with E-state index in [2.05, 4.69) is 62.2 Å². The summed E-state index contributed by atoms with van der Waals surface area (Å²) in [4.78, 5) is 52.6. The highest BCUT2D eigenvalue weighted by Gasteiger charge is 2.61. The first-order chi connectivity index (χ1) is 58.8. The Balaban J connectivity index is 0.698. The number of hydrogen-bond acceptors (Lipinski definition) is 38. The number of aromatic nitrogens is 9. The zero-order valence-electron chi connectivity index (χ0n) is 69.1. The van der Waals surface area contributed by atoms with Crippen molar-refractivity contribution in [3.05, 3.63) is 46.1 Å². The number of nitrogens with one attached hydrogen (secondary N) is 4. The number of unbranched alkanes of at least 4 members (excludes halogenated alkanes) is 4. The lowest BCUT2D eigenvalue weighted by Gasteiger charge is -2.42. The lowest BCUT2D eigenvalue weighted by atomic mass is 9.88. The van der Waals surface area contributed by atoms with E-state index in [1.165, 1.54) is 13.8 Å². The van der Waals surface area contributed by atoms with E-state index in [4.69, 9.17) is 105 Å². The highest BCUT2D eigenvalue weighted by molar-refractivity contribution is 5.77. The molecular formula is C74H124N16O31. The maximum atomic E-state index is 14.2. The Hall–Kier alpha value is -6.47. The zero-order chi connectivity index (χ0) is 85.8. The van der Waals surface area contributed by atoms with E-state index < -0.39 is 102 Å². The Morgan fingerprint density at radius 1 is 0.471 bits per heavy atom. The first-order valence-corrected chi connectivity index (χ1v) is 41.2. The van der Waals surface area contributed by atoms with Crippen LogP contribution in [0, 0.1) is 0 Å². The Labute approximate surface area is 700 Å². The molecule has 6 bridgehead atoms. The topological polar surface area (TPSA) is 573 Å². The first-order valence-electron chi connectivity index (χ1n) is 41.2. The molecule has 10 N–H and O–H groups in total. The number of ether oxygens (including phenoxy) is 21. The molecule has 121 heavy (non-hydrogen) atoms. The van der Waals surface area contributed by atoms with Crippen molar-refractivity contribution in [3.8, 4) is 0 Å². The number of amides is 4. The molecule has 0 saturated carbocycles. The van der Waals surface area contributed by atoms with Crippen molar-refractivity contribution in [2.45, 2.75) is 201 Å². The van der Waals surface area contributed by atoms with Crippen LogP contribution in [-0.4, -0.2) is 400 Å². The molecule has 686 valence electrons. The summed E-state index contributed by atoms with van der Waals surface area (Å²) in [5.41, 5.74) is 5.05. The molecule has 0 unspecified atom stereocenters. The van der Waals surface area contributed by atoms with E-state index in [0.29, 0.717) is 181 Å². The normalized spacial score (nSPS) is 25.8. The molecule has 4 amide bonds. The number of fused-ring (bicyclic) bond motifs is 6. The Morgan fingerprint density at radius 2 is 0.835 bits per heavy atom. The molecule has 9 rings (SSSR count). The van der Waals surface area contributed by atoms with Crippen LogP contribution >= 0.6 is 0 Å². The third kappa shape index (κ3) is 33.4. The minimum atomic E-state index is -1.35. The monoisotopic (exact) mass is 1730 g/mol. The summed E-state index contributed by atoms with van der Waals surface area (Å²) >= 11 is 0. The molecule has 47 nitrogen and oxygen atoms in total. The highest BCUT2D eigenvalue weighted by atomic mass is 16.8. The summed E-state index contributed by atoms with van der Waals surface area (Å²) in [5.74, 6) is -1.15. The van der Waals surface area contributed by atoms with Gasteiger partial charge in [0, 0.05) is 51.1 Å². The lowest BCUT2D eigenvalue weighted by molar-refractivity contribution is -0.238. The van der Waals surface area contributed by atoms with E-state index in [-0.39, 0.29) is 150 Å². The van der Waals surface area contributed by atoms with Gasteiger partial charge in [-0.2, -0.15) is 0 Å². The number of rotatable bonds is 69. The van der Waals surface area contributed by atoms with E-state index in [9.17, 15) is 49.8 Å². The second kappa shape index (κ2) is 53.8. The summed E-state index contributed by atoms with van der Waals surface area (Å²) in [6, 6.07) is -1.82. The fraction of sp³-hybridized carbons (Fsp3) is 0.865. The first kappa shape index (κ1) is 98.3. The number of aliphatic hydroxyl groups excluding tert-OH is 6. The number of nitrogens with zero attached hydrogens (tertiary/aromatic N) is 12. The Morgan fingerprint density at radius 3 is 1.23 bits per heavy atom. The van der Waals surface area contributed by atoms with Crippen molar-refractivity contribution in [2.75, 3.05) is 211 Å². The standard InChI is InChI=1S/C74H124N16O31/c1-53(91)78-62-64(96)67(99)73(51-117-69(62)120-73)48-111-35-32-108-29-26-105-23-20-102-17-14-89-39-56(82-86-89)42-114-45-71(80-60(95)10-6-3-7-11-76-59(94)9-5-4-8-12-77-84-75,44-113-41-55-38-88(85-81-55)13-16-101-19-22-104-25-28-107-31-34-110-47-72-50-116-61(119-72)37-58(93)66(72)98)46-115-43-57-40-90(87-83-57)15-18-103-21-24-106-27-30-109-33-36-112-49-74-52-118-70(121-74)63(79-54(2)92)65(97)68(74)100/h38-40,58,61-70,93,96-100H,3-37,41-52H2,1-2H3,(H,76,94)(H,78,91)(H,79,92)(H,80,95)/t58-,61+,62-,63-,64-,65-,66-,67-,68-,69+,70+,72+,73+,74+/m1/s1. The van der Waals surface area contributed by atoms with Crippen LogP contribution in [-0.2, 0) is 158 Å². The largest absolute Gasteiger partial charge is 0.390 e. The molecule has 6 aliphatic heterocycles. The fourth-order valence-electron chi connectivity index (χ4n) is 13.8. The van der Waals surface area contributed by atoms with Crippen molar-refractivity contribution < 1.29 is 149 Å². The van der Waals surface area contributed by atoms with Crippen LogP contribution in [0.1, 0.15) is 88.7 Å². The van der Waals surface area contributed by atoms with Gasteiger partial charge in [-0.15, -0.1) is 15.3 Å². The van der Waals surface area contributed by atoms with Crippen molar-refractivity contribution in [3.63, 3.8) is 0 Å². The maximum absolute atomic E-state index is 14.2. The summed E-state index contributed by atoms with van der Waals surface area (Å²) < 4.78 is 126. The summed E-state index contributed by atoms with van der Waals surface area (Å²) in [6.07, 6.45) is 0.100. The van der Waals surface area contributed by atoms with Crippen LogP contribution in [0.25, 0.3) is 10.4 Å². The predicted molar refractivity (Wildman–Crippen MR) is 410 cm³/mol. The highest BCUT2D eigenvalue weighted by Crippen LogP contribution is 2.40. The molecule has 6 fully saturated rings. The van der Waals surface area contributed by atoms with E-state index in [0.717, 1.165) is 6.42 Å². The number of carbonyl (C=O) groups excluding carboxylic acids is 4. The summed E-state index contributed by atoms with van der Waals surface area (Å²) in [5, 5.41) is 104.